The zero-order valence-corrected chi connectivity index (χ0v) is 8.19. The van der Waals surface area contributed by atoms with Crippen molar-refractivity contribution in [2.45, 2.75) is 18.4 Å². The summed E-state index contributed by atoms with van der Waals surface area (Å²) < 4.78 is 26.3. The lowest BCUT2D eigenvalue weighted by atomic mass is 10.3. The molecule has 0 aliphatic heterocycles. The highest BCUT2D eigenvalue weighted by Gasteiger charge is 2.44. The summed E-state index contributed by atoms with van der Waals surface area (Å²) in [6.07, 6.45) is 1.69. The molecule has 0 spiro atoms. The summed E-state index contributed by atoms with van der Waals surface area (Å²) >= 11 is 0. The predicted octanol–water partition coefficient (Wildman–Crippen LogP) is -1.13. The predicted molar refractivity (Wildman–Crippen MR) is 46.8 cm³/mol. The van der Waals surface area contributed by atoms with Crippen LogP contribution in [-0.4, -0.2) is 38.9 Å². The monoisotopic (exact) mass is 193 g/mol. The van der Waals surface area contributed by atoms with Gasteiger partial charge in [0.15, 0.2) is 0 Å². The number of hydrogen-bond donors (Lipinski definition) is 2. The van der Waals surface area contributed by atoms with Crippen LogP contribution < -0.4 is 10.5 Å². The zero-order chi connectivity index (χ0) is 9.41. The number of rotatable bonds is 4. The van der Waals surface area contributed by atoms with Gasteiger partial charge in [0, 0.05) is 26.2 Å². The normalized spacial score (nSPS) is 21.3. The Morgan fingerprint density at radius 1 is 1.50 bits per heavy atom. The van der Waals surface area contributed by atoms with Gasteiger partial charge in [-0.05, 0) is 12.8 Å². The average molecular weight is 193 g/mol. The van der Waals surface area contributed by atoms with Crippen LogP contribution in [0.5, 0.6) is 0 Å². The third-order valence-corrected chi connectivity index (χ3v) is 3.72. The fourth-order valence-corrected chi connectivity index (χ4v) is 1.88. The molecule has 0 radical (unpaired) electrons. The Kier molecular flexibility index (Phi) is 2.44. The summed E-state index contributed by atoms with van der Waals surface area (Å²) in [4.78, 5) is 0. The Balaban J connectivity index is 2.62. The van der Waals surface area contributed by atoms with Gasteiger partial charge in [0.05, 0.1) is 0 Å². The van der Waals surface area contributed by atoms with Gasteiger partial charge in [0.25, 0.3) is 10.2 Å². The lowest BCUT2D eigenvalue weighted by Crippen LogP contribution is -2.47. The van der Waals surface area contributed by atoms with Crippen LogP contribution in [0.4, 0.5) is 0 Å². The first-order chi connectivity index (χ1) is 5.42. The first kappa shape index (κ1) is 9.91. The average Bonchev–Trinajstić information content (AvgIpc) is 2.68. The van der Waals surface area contributed by atoms with Gasteiger partial charge in [-0.15, -0.1) is 0 Å². The second-order valence-electron chi connectivity index (χ2n) is 3.37. The number of hydrogen-bond acceptors (Lipinski definition) is 3. The highest BCUT2D eigenvalue weighted by Crippen LogP contribution is 2.34. The Labute approximate surface area is 73.1 Å². The minimum absolute atomic E-state index is 0.344. The highest BCUT2D eigenvalue weighted by atomic mass is 32.2. The molecule has 0 heterocycles. The molecule has 0 aromatic carbocycles. The molecule has 6 heteroatoms. The Hall–Kier alpha value is -0.170. The van der Waals surface area contributed by atoms with Crippen LogP contribution >= 0.6 is 0 Å². The molecule has 0 unspecified atom stereocenters. The quantitative estimate of drug-likeness (QED) is 0.593. The van der Waals surface area contributed by atoms with Gasteiger partial charge in [0.2, 0.25) is 0 Å². The maximum atomic E-state index is 11.3. The molecule has 0 aromatic heterocycles. The van der Waals surface area contributed by atoms with Crippen molar-refractivity contribution in [2.75, 3.05) is 20.6 Å². The molecule has 0 atom stereocenters. The van der Waals surface area contributed by atoms with E-state index in [0.717, 1.165) is 17.1 Å². The summed E-state index contributed by atoms with van der Waals surface area (Å²) in [6, 6.07) is 0. The van der Waals surface area contributed by atoms with Gasteiger partial charge < -0.3 is 5.73 Å². The minimum Gasteiger partial charge on any atom is -0.329 e. The zero-order valence-electron chi connectivity index (χ0n) is 7.37. The summed E-state index contributed by atoms with van der Waals surface area (Å²) in [5.74, 6) is 0. The van der Waals surface area contributed by atoms with Crippen LogP contribution in [0, 0.1) is 0 Å². The third-order valence-electron chi connectivity index (χ3n) is 2.07. The van der Waals surface area contributed by atoms with E-state index in [1.54, 1.807) is 0 Å². The molecule has 0 amide bonds. The van der Waals surface area contributed by atoms with Gasteiger partial charge in [-0.25, -0.2) is 0 Å². The van der Waals surface area contributed by atoms with E-state index in [-0.39, 0.29) is 5.54 Å². The molecule has 1 aliphatic rings. The molecule has 0 aromatic rings. The molecule has 1 rings (SSSR count). The van der Waals surface area contributed by atoms with Gasteiger partial charge in [-0.3, -0.25) is 0 Å². The largest absolute Gasteiger partial charge is 0.329 e. The summed E-state index contributed by atoms with van der Waals surface area (Å²) in [6.45, 7) is 0.375. The van der Waals surface area contributed by atoms with Crippen LogP contribution in [0.2, 0.25) is 0 Å². The van der Waals surface area contributed by atoms with Crippen molar-refractivity contribution in [3.63, 3.8) is 0 Å². The molecule has 12 heavy (non-hydrogen) atoms. The van der Waals surface area contributed by atoms with E-state index in [1.165, 1.54) is 14.1 Å². The Morgan fingerprint density at radius 3 is 2.25 bits per heavy atom. The van der Waals surface area contributed by atoms with Crippen molar-refractivity contribution < 1.29 is 8.42 Å². The van der Waals surface area contributed by atoms with E-state index >= 15 is 0 Å². The smallest absolute Gasteiger partial charge is 0.279 e. The van der Waals surface area contributed by atoms with E-state index in [9.17, 15) is 8.42 Å². The van der Waals surface area contributed by atoms with Gasteiger partial charge in [-0.1, -0.05) is 0 Å². The highest BCUT2D eigenvalue weighted by molar-refractivity contribution is 7.87. The molecule has 1 aliphatic carbocycles. The molecule has 3 N–H and O–H groups in total. The Morgan fingerprint density at radius 2 is 2.00 bits per heavy atom. The summed E-state index contributed by atoms with van der Waals surface area (Å²) in [5, 5.41) is 0. The molecule has 0 saturated heterocycles. The molecular formula is C6H15N3O2S. The molecular weight excluding hydrogens is 178 g/mol. The van der Waals surface area contributed by atoms with Crippen LogP contribution in [0.25, 0.3) is 0 Å². The summed E-state index contributed by atoms with van der Waals surface area (Å²) in [7, 11) is -0.312. The van der Waals surface area contributed by atoms with Gasteiger partial charge >= 0.3 is 0 Å². The van der Waals surface area contributed by atoms with Gasteiger partial charge in [-0.2, -0.15) is 17.4 Å². The maximum Gasteiger partial charge on any atom is 0.279 e. The molecule has 1 fully saturated rings. The van der Waals surface area contributed by atoms with E-state index in [2.05, 4.69) is 4.72 Å². The number of nitrogens with two attached hydrogens (primary N) is 1. The van der Waals surface area contributed by atoms with E-state index in [1.807, 2.05) is 0 Å². The first-order valence-electron chi connectivity index (χ1n) is 3.83. The van der Waals surface area contributed by atoms with E-state index in [4.69, 9.17) is 5.73 Å². The fraction of sp³-hybridized carbons (Fsp3) is 1.00. The number of nitrogens with zero attached hydrogens (tertiary/aromatic N) is 1. The second kappa shape index (κ2) is 2.95. The molecule has 0 bridgehead atoms. The van der Waals surface area contributed by atoms with Crippen LogP contribution in [0.3, 0.4) is 0 Å². The summed E-state index contributed by atoms with van der Waals surface area (Å²) in [5.41, 5.74) is 5.09. The fourth-order valence-electron chi connectivity index (χ4n) is 0.864. The van der Waals surface area contributed by atoms with Crippen molar-refractivity contribution in [2.24, 2.45) is 5.73 Å². The van der Waals surface area contributed by atoms with Crippen molar-refractivity contribution in [1.29, 1.82) is 0 Å². The van der Waals surface area contributed by atoms with E-state index in [0.29, 0.717) is 6.54 Å². The standard InChI is InChI=1S/C6H15N3O2S/c1-9(2)12(10,11)8-6(5-7)3-4-6/h8H,3-5,7H2,1-2H3. The molecule has 72 valence electrons. The van der Waals surface area contributed by atoms with E-state index < -0.39 is 10.2 Å². The lowest BCUT2D eigenvalue weighted by Gasteiger charge is -2.18. The Bertz CT molecular complexity index is 256. The SMILES string of the molecule is CN(C)S(=O)(=O)NC1(CN)CC1. The first-order valence-corrected chi connectivity index (χ1v) is 5.27. The lowest BCUT2D eigenvalue weighted by molar-refractivity contribution is 0.482. The van der Waals surface area contributed by atoms with Gasteiger partial charge in [0.1, 0.15) is 0 Å². The van der Waals surface area contributed by atoms with Crippen molar-refractivity contribution >= 4 is 10.2 Å². The number of nitrogens with one attached hydrogen (secondary N) is 1. The minimum atomic E-state index is -3.30. The molecule has 1 saturated carbocycles. The second-order valence-corrected chi connectivity index (χ2v) is 5.26. The third kappa shape index (κ3) is 1.95. The van der Waals surface area contributed by atoms with Crippen LogP contribution in [0.1, 0.15) is 12.8 Å². The van der Waals surface area contributed by atoms with Crippen molar-refractivity contribution in [3.8, 4) is 0 Å². The maximum absolute atomic E-state index is 11.3. The van der Waals surface area contributed by atoms with Crippen LogP contribution in [-0.2, 0) is 10.2 Å². The van der Waals surface area contributed by atoms with Crippen molar-refractivity contribution in [3.05, 3.63) is 0 Å². The van der Waals surface area contributed by atoms with Crippen molar-refractivity contribution in [1.82, 2.24) is 9.03 Å². The van der Waals surface area contributed by atoms with Crippen LogP contribution in [0.15, 0.2) is 0 Å². The molecule has 5 nitrogen and oxygen atoms in total. The topological polar surface area (TPSA) is 75.4 Å².